The predicted molar refractivity (Wildman–Crippen MR) is 94.6 cm³/mol. The van der Waals surface area contributed by atoms with Crippen LogP contribution in [-0.4, -0.2) is 63.3 Å². The van der Waals surface area contributed by atoms with Gasteiger partial charge in [-0.2, -0.15) is 4.31 Å². The van der Waals surface area contributed by atoms with Gasteiger partial charge in [0.15, 0.2) is 6.23 Å². The number of piperazine rings is 1. The minimum Gasteiger partial charge on any atom is -0.372 e. The maximum absolute atomic E-state index is 13.2. The van der Waals surface area contributed by atoms with E-state index in [2.05, 4.69) is 15.4 Å². The normalized spacial score (nSPS) is 25.5. The number of aliphatic hydroxyl groups excluding tert-OH is 1. The van der Waals surface area contributed by atoms with Gasteiger partial charge >= 0.3 is 0 Å². The molecule has 9 heteroatoms. The molecule has 26 heavy (non-hydrogen) atoms. The minimum absolute atomic E-state index is 0.130. The van der Waals surface area contributed by atoms with E-state index in [0.717, 1.165) is 24.8 Å². The Hall–Kier alpha value is -1.81. The number of H-pyrrole nitrogens is 1. The van der Waals surface area contributed by atoms with Crippen molar-refractivity contribution in [2.75, 3.05) is 13.1 Å². The van der Waals surface area contributed by atoms with Gasteiger partial charge in [0, 0.05) is 25.2 Å². The van der Waals surface area contributed by atoms with Gasteiger partial charge in [-0.3, -0.25) is 10.00 Å². The van der Waals surface area contributed by atoms with Gasteiger partial charge in [0.25, 0.3) is 0 Å². The third-order valence-corrected chi connectivity index (χ3v) is 7.43. The van der Waals surface area contributed by atoms with E-state index >= 15 is 0 Å². The van der Waals surface area contributed by atoms with Crippen molar-refractivity contribution < 1.29 is 13.5 Å². The van der Waals surface area contributed by atoms with Crippen molar-refractivity contribution in [2.45, 2.75) is 49.4 Å². The fourth-order valence-electron chi connectivity index (χ4n) is 4.04. The summed E-state index contributed by atoms with van der Waals surface area (Å²) in [6.07, 6.45) is 3.14. The molecule has 0 radical (unpaired) electrons. The Kier molecular flexibility index (Phi) is 4.55. The number of hydrogen-bond acceptors (Lipinski definition) is 6. The summed E-state index contributed by atoms with van der Waals surface area (Å²) in [5.74, 6) is 0. The lowest BCUT2D eigenvalue weighted by Crippen LogP contribution is -2.56. The molecule has 2 saturated heterocycles. The molecule has 0 aliphatic carbocycles. The van der Waals surface area contributed by atoms with Gasteiger partial charge in [-0.1, -0.05) is 24.3 Å². The maximum atomic E-state index is 13.2. The van der Waals surface area contributed by atoms with Crippen LogP contribution in [0, 0.1) is 0 Å². The smallest absolute Gasteiger partial charge is 0.243 e. The van der Waals surface area contributed by atoms with E-state index < -0.39 is 16.3 Å². The first-order valence-electron chi connectivity index (χ1n) is 8.91. The molecule has 2 aliphatic heterocycles. The molecular formula is C17H23N5O3S. The van der Waals surface area contributed by atoms with Crippen molar-refractivity contribution in [2.24, 2.45) is 0 Å². The number of sulfonamides is 1. The summed E-state index contributed by atoms with van der Waals surface area (Å²) in [6, 6.07) is 6.89. The minimum atomic E-state index is -3.53. The summed E-state index contributed by atoms with van der Waals surface area (Å²) in [5, 5.41) is 20.5. The zero-order valence-electron chi connectivity index (χ0n) is 14.6. The Balaban J connectivity index is 1.56. The molecule has 2 aromatic rings. The van der Waals surface area contributed by atoms with Crippen molar-refractivity contribution in [3.8, 4) is 0 Å². The molecule has 2 N–H and O–H groups in total. The van der Waals surface area contributed by atoms with Crippen LogP contribution in [0.15, 0.2) is 35.4 Å². The maximum Gasteiger partial charge on any atom is 0.243 e. The van der Waals surface area contributed by atoms with E-state index in [1.54, 1.807) is 16.4 Å². The van der Waals surface area contributed by atoms with Crippen LogP contribution in [-0.2, 0) is 16.4 Å². The SMILES string of the molecule is CCc1ccc(S(=O)(=O)N2C3CCC2CN(C(O)c2cnn[nH]2)C3)cc1. The van der Waals surface area contributed by atoms with Crippen LogP contribution in [0.1, 0.15) is 37.3 Å². The number of aromatic amines is 1. The fraction of sp³-hybridized carbons (Fsp3) is 0.529. The third kappa shape index (κ3) is 2.94. The van der Waals surface area contributed by atoms with Crippen molar-refractivity contribution >= 4 is 10.0 Å². The quantitative estimate of drug-likeness (QED) is 0.802. The molecular weight excluding hydrogens is 354 g/mol. The van der Waals surface area contributed by atoms with E-state index in [9.17, 15) is 13.5 Å². The number of aromatic nitrogens is 3. The summed E-state index contributed by atoms with van der Waals surface area (Å²) in [5.41, 5.74) is 1.64. The third-order valence-electron chi connectivity index (χ3n) is 5.41. The molecule has 1 aromatic heterocycles. The number of nitrogens with zero attached hydrogens (tertiary/aromatic N) is 4. The highest BCUT2D eigenvalue weighted by atomic mass is 32.2. The molecule has 3 unspecified atom stereocenters. The number of rotatable bonds is 5. The number of fused-ring (bicyclic) bond motifs is 2. The molecule has 0 amide bonds. The number of hydrogen-bond donors (Lipinski definition) is 2. The monoisotopic (exact) mass is 377 g/mol. The highest BCUT2D eigenvalue weighted by molar-refractivity contribution is 7.89. The first kappa shape index (κ1) is 17.6. The second-order valence-corrected chi connectivity index (χ2v) is 8.80. The Morgan fingerprint density at radius 2 is 1.88 bits per heavy atom. The predicted octanol–water partition coefficient (Wildman–Crippen LogP) is 0.895. The molecule has 1 aromatic carbocycles. The summed E-state index contributed by atoms with van der Waals surface area (Å²) in [6.45, 7) is 3.02. The number of benzene rings is 1. The lowest BCUT2D eigenvalue weighted by Gasteiger charge is -2.41. The van der Waals surface area contributed by atoms with Crippen LogP contribution < -0.4 is 0 Å². The highest BCUT2D eigenvalue weighted by Gasteiger charge is 2.48. The zero-order valence-corrected chi connectivity index (χ0v) is 15.4. The van der Waals surface area contributed by atoms with Gasteiger partial charge in [0.2, 0.25) is 10.0 Å². The summed E-state index contributed by atoms with van der Waals surface area (Å²) < 4.78 is 28.0. The van der Waals surface area contributed by atoms with Gasteiger partial charge in [0.1, 0.15) is 0 Å². The lowest BCUT2D eigenvalue weighted by molar-refractivity contribution is -0.0361. The summed E-state index contributed by atoms with van der Waals surface area (Å²) in [4.78, 5) is 2.24. The van der Waals surface area contributed by atoms with Gasteiger partial charge in [-0.15, -0.1) is 5.10 Å². The molecule has 8 nitrogen and oxygen atoms in total. The van der Waals surface area contributed by atoms with E-state index in [1.165, 1.54) is 6.20 Å². The van der Waals surface area contributed by atoms with Crippen molar-refractivity contribution in [1.82, 2.24) is 24.6 Å². The van der Waals surface area contributed by atoms with E-state index in [1.807, 2.05) is 24.0 Å². The van der Waals surface area contributed by atoms with Crippen LogP contribution in [0.5, 0.6) is 0 Å². The molecule has 2 aliphatic rings. The fourth-order valence-corrected chi connectivity index (χ4v) is 5.89. The second kappa shape index (κ2) is 6.73. The number of likely N-dealkylation sites (tertiary alicyclic amines) is 1. The molecule has 0 saturated carbocycles. The van der Waals surface area contributed by atoms with E-state index in [4.69, 9.17) is 0 Å². The van der Waals surface area contributed by atoms with Gasteiger partial charge in [-0.25, -0.2) is 8.42 Å². The number of nitrogens with one attached hydrogen (secondary N) is 1. The largest absolute Gasteiger partial charge is 0.372 e. The summed E-state index contributed by atoms with van der Waals surface area (Å²) in [7, 11) is -3.53. The Labute approximate surface area is 152 Å². The van der Waals surface area contributed by atoms with Crippen molar-refractivity contribution in [1.29, 1.82) is 0 Å². The Morgan fingerprint density at radius 3 is 2.42 bits per heavy atom. The second-order valence-electron chi connectivity index (χ2n) is 6.96. The van der Waals surface area contributed by atoms with Crippen LogP contribution in [0.2, 0.25) is 0 Å². The topological polar surface area (TPSA) is 102 Å². The van der Waals surface area contributed by atoms with Crippen molar-refractivity contribution in [3.63, 3.8) is 0 Å². The Morgan fingerprint density at radius 1 is 1.23 bits per heavy atom. The lowest BCUT2D eigenvalue weighted by atomic mass is 10.2. The Bertz CT molecular complexity index is 839. The molecule has 2 fully saturated rings. The van der Waals surface area contributed by atoms with Crippen molar-refractivity contribution in [3.05, 3.63) is 41.7 Å². The van der Waals surface area contributed by atoms with Crippen LogP contribution >= 0.6 is 0 Å². The van der Waals surface area contributed by atoms with Crippen LogP contribution in [0.3, 0.4) is 0 Å². The standard InChI is InChI=1S/C17H23N5O3S/c1-2-12-3-7-15(8-4-12)26(24,25)22-13-5-6-14(22)11-21(10-13)17(23)16-9-18-20-19-16/h3-4,7-9,13-14,17,23H,2,5-6,10-11H2,1H3,(H,18,19,20). The average molecular weight is 377 g/mol. The molecule has 0 spiro atoms. The van der Waals surface area contributed by atoms with E-state index in [-0.39, 0.29) is 12.1 Å². The molecule has 3 heterocycles. The molecule has 2 bridgehead atoms. The number of aliphatic hydroxyl groups is 1. The zero-order chi connectivity index (χ0) is 18.3. The molecule has 140 valence electrons. The van der Waals surface area contributed by atoms with Gasteiger partial charge in [0.05, 0.1) is 16.8 Å². The molecule has 4 rings (SSSR count). The van der Waals surface area contributed by atoms with Crippen LogP contribution in [0.4, 0.5) is 0 Å². The van der Waals surface area contributed by atoms with Gasteiger partial charge < -0.3 is 5.11 Å². The average Bonchev–Trinajstić information content (AvgIpc) is 3.28. The first-order valence-corrected chi connectivity index (χ1v) is 10.3. The van der Waals surface area contributed by atoms with Crippen LogP contribution in [0.25, 0.3) is 0 Å². The highest BCUT2D eigenvalue weighted by Crippen LogP contribution is 2.37. The first-order chi connectivity index (χ1) is 12.5. The van der Waals surface area contributed by atoms with Gasteiger partial charge in [-0.05, 0) is 37.0 Å². The molecule has 3 atom stereocenters. The van der Waals surface area contributed by atoms with E-state index in [0.29, 0.717) is 23.7 Å². The number of aryl methyl sites for hydroxylation is 1. The summed E-state index contributed by atoms with van der Waals surface area (Å²) >= 11 is 0.